The largest absolute Gasteiger partial charge is 0.507 e. The summed E-state index contributed by atoms with van der Waals surface area (Å²) in [7, 11) is 1.26. The number of rotatable bonds is 3. The number of aromatic nitrogens is 2. The van der Waals surface area contributed by atoms with Crippen LogP contribution in [0, 0.1) is 0 Å². The number of benzene rings is 1. The Kier molecular flexibility index (Phi) is 4.07. The van der Waals surface area contributed by atoms with Gasteiger partial charge in [0.15, 0.2) is 0 Å². The van der Waals surface area contributed by atoms with Gasteiger partial charge in [-0.2, -0.15) is 5.10 Å². The van der Waals surface area contributed by atoms with E-state index in [1.54, 1.807) is 12.1 Å². The molecule has 2 aromatic rings. The molecule has 1 heterocycles. The van der Waals surface area contributed by atoms with Crippen molar-refractivity contribution in [3.05, 3.63) is 56.2 Å². The standard InChI is InChI=1S/C13H12N4O5/c1-17-12(21)8(10(19)15-13(17)22)6-14-16-11(20)7-4-2-3-5-9(7)18/h2-6,18,21H,1H3,(H,16,20)(H,15,19,22)/b14-6+. The summed E-state index contributed by atoms with van der Waals surface area (Å²) < 4.78 is 0.813. The van der Waals surface area contributed by atoms with Crippen LogP contribution in [-0.2, 0) is 7.05 Å². The van der Waals surface area contributed by atoms with E-state index in [0.29, 0.717) is 0 Å². The number of carbonyl (C=O) groups is 1. The molecule has 0 saturated carbocycles. The Hall–Kier alpha value is -3.36. The van der Waals surface area contributed by atoms with Gasteiger partial charge >= 0.3 is 5.69 Å². The first-order valence-corrected chi connectivity index (χ1v) is 6.05. The summed E-state index contributed by atoms with van der Waals surface area (Å²) in [5, 5.41) is 22.7. The van der Waals surface area contributed by atoms with Crippen molar-refractivity contribution in [3.63, 3.8) is 0 Å². The number of hydrazone groups is 1. The van der Waals surface area contributed by atoms with Crippen molar-refractivity contribution in [2.45, 2.75) is 0 Å². The highest BCUT2D eigenvalue weighted by Crippen LogP contribution is 2.14. The maximum atomic E-state index is 11.8. The molecule has 0 aliphatic heterocycles. The molecule has 2 rings (SSSR count). The number of hydrogen-bond acceptors (Lipinski definition) is 6. The predicted molar refractivity (Wildman–Crippen MR) is 77.1 cm³/mol. The van der Waals surface area contributed by atoms with Crippen LogP contribution < -0.4 is 16.7 Å². The highest BCUT2D eigenvalue weighted by Gasteiger charge is 2.11. The second kappa shape index (κ2) is 5.95. The zero-order chi connectivity index (χ0) is 16.3. The second-order valence-corrected chi connectivity index (χ2v) is 4.27. The molecule has 0 aliphatic rings. The van der Waals surface area contributed by atoms with Gasteiger partial charge in [-0.15, -0.1) is 0 Å². The minimum atomic E-state index is -0.846. The van der Waals surface area contributed by atoms with Crippen LogP contribution in [0.1, 0.15) is 15.9 Å². The maximum Gasteiger partial charge on any atom is 0.330 e. The number of phenolic OH excluding ortho intramolecular Hbond substituents is 1. The average molecular weight is 304 g/mol. The van der Waals surface area contributed by atoms with E-state index < -0.39 is 23.0 Å². The molecule has 1 amide bonds. The van der Waals surface area contributed by atoms with Crippen LogP contribution in [0.2, 0.25) is 0 Å². The first-order chi connectivity index (χ1) is 10.4. The van der Waals surface area contributed by atoms with Crippen LogP contribution in [-0.4, -0.2) is 31.9 Å². The lowest BCUT2D eigenvalue weighted by Crippen LogP contribution is -2.30. The van der Waals surface area contributed by atoms with Crippen molar-refractivity contribution in [1.82, 2.24) is 15.0 Å². The summed E-state index contributed by atoms with van der Waals surface area (Å²) in [6, 6.07) is 5.83. The molecule has 4 N–H and O–H groups in total. The van der Waals surface area contributed by atoms with Crippen LogP contribution in [0.5, 0.6) is 11.6 Å². The Balaban J connectivity index is 2.23. The Morgan fingerprint density at radius 3 is 2.68 bits per heavy atom. The molecular formula is C13H12N4O5. The Labute approximate surface area is 123 Å². The Bertz CT molecular complexity index is 865. The molecule has 0 spiro atoms. The van der Waals surface area contributed by atoms with Crippen molar-refractivity contribution in [3.8, 4) is 11.6 Å². The predicted octanol–water partition coefficient (Wildman–Crippen LogP) is -0.751. The topological polar surface area (TPSA) is 137 Å². The van der Waals surface area contributed by atoms with E-state index in [1.807, 2.05) is 4.98 Å². The number of carbonyl (C=O) groups excluding carboxylic acids is 1. The summed E-state index contributed by atoms with van der Waals surface area (Å²) in [6.07, 6.45) is 0.894. The molecule has 0 aliphatic carbocycles. The minimum absolute atomic E-state index is 0.00163. The summed E-state index contributed by atoms with van der Waals surface area (Å²) in [5.74, 6) is -1.51. The van der Waals surface area contributed by atoms with E-state index in [0.717, 1.165) is 10.8 Å². The van der Waals surface area contributed by atoms with Crippen molar-refractivity contribution in [2.75, 3.05) is 0 Å². The molecule has 0 fully saturated rings. The lowest BCUT2D eigenvalue weighted by Gasteiger charge is -2.04. The fourth-order valence-electron chi connectivity index (χ4n) is 1.62. The van der Waals surface area contributed by atoms with Gasteiger partial charge in [-0.3, -0.25) is 19.1 Å². The van der Waals surface area contributed by atoms with Crippen LogP contribution in [0.4, 0.5) is 0 Å². The molecule has 0 bridgehead atoms. The normalized spacial score (nSPS) is 10.8. The third-order valence-electron chi connectivity index (χ3n) is 2.84. The number of amides is 1. The van der Waals surface area contributed by atoms with Gasteiger partial charge in [0.2, 0.25) is 5.88 Å². The minimum Gasteiger partial charge on any atom is -0.507 e. The zero-order valence-corrected chi connectivity index (χ0v) is 11.4. The van der Waals surface area contributed by atoms with Gasteiger partial charge in [-0.05, 0) is 12.1 Å². The van der Waals surface area contributed by atoms with E-state index in [4.69, 9.17) is 0 Å². The highest BCUT2D eigenvalue weighted by molar-refractivity contribution is 5.97. The molecule has 0 atom stereocenters. The van der Waals surface area contributed by atoms with Crippen molar-refractivity contribution in [2.24, 2.45) is 12.1 Å². The van der Waals surface area contributed by atoms with Crippen molar-refractivity contribution in [1.29, 1.82) is 0 Å². The number of para-hydroxylation sites is 1. The summed E-state index contributed by atoms with van der Waals surface area (Å²) >= 11 is 0. The van der Waals surface area contributed by atoms with Crippen molar-refractivity contribution >= 4 is 12.1 Å². The van der Waals surface area contributed by atoms with Crippen molar-refractivity contribution < 1.29 is 15.0 Å². The fraction of sp³-hybridized carbons (Fsp3) is 0.0769. The molecule has 1 aromatic carbocycles. The SMILES string of the molecule is Cn1c(O)c(/C=N/NC(=O)c2ccccc2O)c(=O)[nH]c1=O. The second-order valence-electron chi connectivity index (χ2n) is 4.27. The first kappa shape index (κ1) is 15.0. The van der Waals surface area contributed by atoms with Gasteiger partial charge in [0.1, 0.15) is 11.3 Å². The fourth-order valence-corrected chi connectivity index (χ4v) is 1.62. The molecule has 1 aromatic heterocycles. The number of aromatic hydroxyl groups is 2. The molecule has 114 valence electrons. The number of nitrogens with one attached hydrogen (secondary N) is 2. The molecule has 9 nitrogen and oxygen atoms in total. The van der Waals surface area contributed by atoms with Crippen LogP contribution >= 0.6 is 0 Å². The number of aromatic amines is 1. The van der Waals surface area contributed by atoms with Gasteiger partial charge in [0.25, 0.3) is 11.5 Å². The third-order valence-corrected chi connectivity index (χ3v) is 2.84. The van der Waals surface area contributed by atoms with E-state index in [1.165, 1.54) is 19.2 Å². The monoisotopic (exact) mass is 304 g/mol. The number of phenols is 1. The molecule has 0 radical (unpaired) electrons. The number of hydrogen-bond donors (Lipinski definition) is 4. The van der Waals surface area contributed by atoms with Gasteiger partial charge in [-0.1, -0.05) is 12.1 Å². The average Bonchev–Trinajstić information content (AvgIpc) is 2.48. The molecule has 0 unspecified atom stereocenters. The molecule has 9 heteroatoms. The number of H-pyrrole nitrogens is 1. The van der Waals surface area contributed by atoms with Gasteiger partial charge in [0, 0.05) is 7.05 Å². The maximum absolute atomic E-state index is 11.8. The zero-order valence-electron chi connectivity index (χ0n) is 11.4. The van der Waals surface area contributed by atoms with Crippen LogP contribution in [0.15, 0.2) is 39.0 Å². The van der Waals surface area contributed by atoms with Crippen LogP contribution in [0.25, 0.3) is 0 Å². The smallest absolute Gasteiger partial charge is 0.330 e. The van der Waals surface area contributed by atoms with Gasteiger partial charge in [-0.25, -0.2) is 10.2 Å². The first-order valence-electron chi connectivity index (χ1n) is 6.05. The lowest BCUT2D eigenvalue weighted by molar-refractivity contribution is 0.0952. The van der Waals surface area contributed by atoms with Gasteiger partial charge < -0.3 is 10.2 Å². The van der Waals surface area contributed by atoms with E-state index in [9.17, 15) is 24.6 Å². The quantitative estimate of drug-likeness (QED) is 0.437. The highest BCUT2D eigenvalue weighted by atomic mass is 16.3. The van der Waals surface area contributed by atoms with E-state index in [-0.39, 0.29) is 16.9 Å². The summed E-state index contributed by atoms with van der Waals surface area (Å²) in [5.41, 5.74) is 0.177. The third kappa shape index (κ3) is 2.87. The van der Waals surface area contributed by atoms with E-state index in [2.05, 4.69) is 10.5 Å². The Morgan fingerprint density at radius 1 is 1.32 bits per heavy atom. The van der Waals surface area contributed by atoms with Crippen LogP contribution in [0.3, 0.4) is 0 Å². The summed E-state index contributed by atoms with van der Waals surface area (Å²) in [6.45, 7) is 0. The lowest BCUT2D eigenvalue weighted by atomic mass is 10.2. The Morgan fingerprint density at radius 2 is 2.00 bits per heavy atom. The molecule has 0 saturated heterocycles. The summed E-state index contributed by atoms with van der Waals surface area (Å²) in [4.78, 5) is 36.5. The number of nitrogens with zero attached hydrogens (tertiary/aromatic N) is 2. The van der Waals surface area contributed by atoms with E-state index >= 15 is 0 Å². The van der Waals surface area contributed by atoms with Gasteiger partial charge in [0.05, 0.1) is 11.8 Å². The molecular weight excluding hydrogens is 292 g/mol. The molecule has 22 heavy (non-hydrogen) atoms.